The van der Waals surface area contributed by atoms with Gasteiger partial charge in [-0.15, -0.1) is 0 Å². The van der Waals surface area contributed by atoms with Gasteiger partial charge < -0.3 is 4.90 Å². The Morgan fingerprint density at radius 1 is 1.20 bits per heavy atom. The predicted octanol–water partition coefficient (Wildman–Crippen LogP) is 4.42. The quantitative estimate of drug-likeness (QED) is 0.812. The molecule has 1 unspecified atom stereocenters. The van der Waals surface area contributed by atoms with E-state index < -0.39 is 0 Å². The van der Waals surface area contributed by atoms with Crippen LogP contribution < -0.4 is 0 Å². The van der Waals surface area contributed by atoms with E-state index in [1.165, 1.54) is 12.1 Å². The Hall–Kier alpha value is -1.68. The number of halogens is 2. The molecule has 1 atom stereocenters. The molecule has 0 aliphatic carbocycles. The summed E-state index contributed by atoms with van der Waals surface area (Å²) in [4.78, 5) is 14.1. The molecular formula is C16H15BrFNO. The zero-order valence-corrected chi connectivity index (χ0v) is 12.9. The second-order valence-corrected chi connectivity index (χ2v) is 5.57. The molecule has 1 amide bonds. The molecule has 0 bridgehead atoms. The third-order valence-corrected chi connectivity index (χ3v) is 3.82. The van der Waals surface area contributed by atoms with Crippen LogP contribution in [-0.4, -0.2) is 17.9 Å². The number of benzene rings is 2. The Bertz CT molecular complexity index is 612. The van der Waals surface area contributed by atoms with Gasteiger partial charge in [0, 0.05) is 17.1 Å². The molecule has 2 nitrogen and oxygen atoms in total. The predicted molar refractivity (Wildman–Crippen MR) is 81.1 cm³/mol. The summed E-state index contributed by atoms with van der Waals surface area (Å²) in [5.41, 5.74) is 1.52. The molecule has 0 saturated carbocycles. The first kappa shape index (κ1) is 14.7. The fraction of sp³-hybridized carbons (Fsp3) is 0.188. The molecule has 104 valence electrons. The van der Waals surface area contributed by atoms with Gasteiger partial charge in [-0.05, 0) is 42.8 Å². The van der Waals surface area contributed by atoms with Crippen LogP contribution in [-0.2, 0) is 0 Å². The van der Waals surface area contributed by atoms with Crippen molar-refractivity contribution in [1.82, 2.24) is 4.90 Å². The van der Waals surface area contributed by atoms with Crippen LogP contribution in [0.3, 0.4) is 0 Å². The van der Waals surface area contributed by atoms with E-state index in [9.17, 15) is 9.18 Å². The van der Waals surface area contributed by atoms with Crippen LogP contribution in [0.2, 0.25) is 0 Å². The van der Waals surface area contributed by atoms with E-state index in [1.807, 2.05) is 19.1 Å². The summed E-state index contributed by atoms with van der Waals surface area (Å²) >= 11 is 3.36. The summed E-state index contributed by atoms with van der Waals surface area (Å²) in [5, 5.41) is 0. The number of rotatable bonds is 3. The maximum Gasteiger partial charge on any atom is 0.254 e. The lowest BCUT2D eigenvalue weighted by molar-refractivity contribution is 0.0742. The zero-order chi connectivity index (χ0) is 14.7. The molecule has 0 aliphatic rings. The van der Waals surface area contributed by atoms with Gasteiger partial charge in [0.2, 0.25) is 0 Å². The number of hydrogen-bond acceptors (Lipinski definition) is 1. The summed E-state index contributed by atoms with van der Waals surface area (Å²) in [6, 6.07) is 13.4. The average Bonchev–Trinajstić information content (AvgIpc) is 2.46. The Balaban J connectivity index is 2.20. The Labute approximate surface area is 126 Å². The molecule has 0 aromatic heterocycles. The number of carbonyl (C=O) groups is 1. The van der Waals surface area contributed by atoms with E-state index in [-0.39, 0.29) is 17.8 Å². The topological polar surface area (TPSA) is 20.3 Å². The molecule has 4 heteroatoms. The monoisotopic (exact) mass is 335 g/mol. The molecule has 0 saturated heterocycles. The lowest BCUT2D eigenvalue weighted by Gasteiger charge is -2.25. The molecule has 2 aromatic rings. The summed E-state index contributed by atoms with van der Waals surface area (Å²) < 4.78 is 13.8. The number of nitrogens with zero attached hydrogens (tertiary/aromatic N) is 1. The van der Waals surface area contributed by atoms with Crippen molar-refractivity contribution >= 4 is 21.8 Å². The van der Waals surface area contributed by atoms with Crippen LogP contribution in [0.15, 0.2) is 53.0 Å². The number of carbonyl (C=O) groups excluding carboxylic acids is 1. The second-order valence-electron chi connectivity index (χ2n) is 4.65. The minimum atomic E-state index is -0.276. The Kier molecular flexibility index (Phi) is 4.55. The smallest absolute Gasteiger partial charge is 0.254 e. The van der Waals surface area contributed by atoms with Gasteiger partial charge in [-0.1, -0.05) is 34.1 Å². The summed E-state index contributed by atoms with van der Waals surface area (Å²) in [5.74, 6) is -0.343. The third kappa shape index (κ3) is 3.25. The number of hydrogen-bond donors (Lipinski definition) is 0. The third-order valence-electron chi connectivity index (χ3n) is 3.33. The molecule has 0 fully saturated rings. The van der Waals surface area contributed by atoms with E-state index in [0.29, 0.717) is 5.56 Å². The molecule has 0 heterocycles. The van der Waals surface area contributed by atoms with Crippen molar-refractivity contribution in [2.75, 3.05) is 7.05 Å². The highest BCUT2D eigenvalue weighted by Crippen LogP contribution is 2.22. The van der Waals surface area contributed by atoms with Crippen molar-refractivity contribution < 1.29 is 9.18 Å². The van der Waals surface area contributed by atoms with Gasteiger partial charge in [-0.25, -0.2) is 4.39 Å². The minimum Gasteiger partial charge on any atom is -0.335 e. The molecular weight excluding hydrogens is 321 g/mol. The summed E-state index contributed by atoms with van der Waals surface area (Å²) in [6.07, 6.45) is 0. The largest absolute Gasteiger partial charge is 0.335 e. The van der Waals surface area contributed by atoms with Gasteiger partial charge in [0.05, 0.1) is 6.04 Å². The second kappa shape index (κ2) is 6.18. The van der Waals surface area contributed by atoms with E-state index in [1.54, 1.807) is 36.2 Å². The first-order valence-electron chi connectivity index (χ1n) is 6.27. The lowest BCUT2D eigenvalue weighted by Crippen LogP contribution is -2.29. The van der Waals surface area contributed by atoms with Gasteiger partial charge in [0.1, 0.15) is 5.82 Å². The van der Waals surface area contributed by atoms with E-state index in [2.05, 4.69) is 15.9 Å². The molecule has 0 aliphatic heterocycles. The molecule has 0 N–H and O–H groups in total. The van der Waals surface area contributed by atoms with Crippen LogP contribution >= 0.6 is 15.9 Å². The summed E-state index contributed by atoms with van der Waals surface area (Å²) in [6.45, 7) is 1.92. The van der Waals surface area contributed by atoms with Gasteiger partial charge >= 0.3 is 0 Å². The van der Waals surface area contributed by atoms with Crippen molar-refractivity contribution in [1.29, 1.82) is 0 Å². The minimum absolute atomic E-state index is 0.0666. The molecule has 0 spiro atoms. The van der Waals surface area contributed by atoms with Crippen LogP contribution in [0.25, 0.3) is 0 Å². The van der Waals surface area contributed by atoms with Crippen LogP contribution in [0.5, 0.6) is 0 Å². The van der Waals surface area contributed by atoms with Crippen LogP contribution in [0.4, 0.5) is 4.39 Å². The maximum absolute atomic E-state index is 12.9. The highest BCUT2D eigenvalue weighted by molar-refractivity contribution is 9.10. The number of amides is 1. The summed E-state index contributed by atoms with van der Waals surface area (Å²) in [7, 11) is 1.75. The van der Waals surface area contributed by atoms with E-state index in [4.69, 9.17) is 0 Å². The van der Waals surface area contributed by atoms with Crippen molar-refractivity contribution in [2.45, 2.75) is 13.0 Å². The van der Waals surface area contributed by atoms with Gasteiger partial charge in [0.25, 0.3) is 5.91 Å². The lowest BCUT2D eigenvalue weighted by atomic mass is 10.1. The molecule has 2 rings (SSSR count). The first-order chi connectivity index (χ1) is 9.49. The van der Waals surface area contributed by atoms with Crippen molar-refractivity contribution in [3.8, 4) is 0 Å². The van der Waals surface area contributed by atoms with E-state index >= 15 is 0 Å². The fourth-order valence-electron chi connectivity index (χ4n) is 1.97. The maximum atomic E-state index is 12.9. The normalized spacial score (nSPS) is 12.0. The first-order valence-corrected chi connectivity index (χ1v) is 7.06. The zero-order valence-electron chi connectivity index (χ0n) is 11.3. The highest BCUT2D eigenvalue weighted by atomic mass is 79.9. The highest BCUT2D eigenvalue weighted by Gasteiger charge is 2.19. The Morgan fingerprint density at radius 3 is 2.45 bits per heavy atom. The molecule has 20 heavy (non-hydrogen) atoms. The van der Waals surface area contributed by atoms with Crippen molar-refractivity contribution in [3.63, 3.8) is 0 Å². The van der Waals surface area contributed by atoms with Crippen molar-refractivity contribution in [2.24, 2.45) is 0 Å². The fourth-order valence-corrected chi connectivity index (χ4v) is 2.37. The SMILES string of the molecule is CC(c1ccc(F)cc1)N(C)C(=O)c1cccc(Br)c1. The van der Waals surface area contributed by atoms with Crippen LogP contribution in [0, 0.1) is 5.82 Å². The van der Waals surface area contributed by atoms with E-state index in [0.717, 1.165) is 10.0 Å². The van der Waals surface area contributed by atoms with Crippen molar-refractivity contribution in [3.05, 3.63) is 69.9 Å². The average molecular weight is 336 g/mol. The van der Waals surface area contributed by atoms with Gasteiger partial charge in [0.15, 0.2) is 0 Å². The van der Waals surface area contributed by atoms with Crippen LogP contribution in [0.1, 0.15) is 28.9 Å². The standard InChI is InChI=1S/C16H15BrFNO/c1-11(12-6-8-15(18)9-7-12)19(2)16(20)13-4-3-5-14(17)10-13/h3-11H,1-2H3. The van der Waals surface area contributed by atoms with Gasteiger partial charge in [-0.3, -0.25) is 4.79 Å². The molecule has 2 aromatic carbocycles. The molecule has 0 radical (unpaired) electrons. The Morgan fingerprint density at radius 2 is 1.85 bits per heavy atom. The van der Waals surface area contributed by atoms with Gasteiger partial charge in [-0.2, -0.15) is 0 Å².